The number of nitrogens with one attached hydrogen (secondary N) is 4. The van der Waals surface area contributed by atoms with Gasteiger partial charge in [0.25, 0.3) is 5.91 Å². The van der Waals surface area contributed by atoms with Crippen molar-refractivity contribution < 1.29 is 14.0 Å². The van der Waals surface area contributed by atoms with Crippen LogP contribution < -0.4 is 21.3 Å². The predicted octanol–water partition coefficient (Wildman–Crippen LogP) is 2.37. The average molecular weight is 393 g/mol. The van der Waals surface area contributed by atoms with E-state index in [9.17, 15) is 14.0 Å². The zero-order chi connectivity index (χ0) is 20.0. The van der Waals surface area contributed by atoms with Gasteiger partial charge in [0.15, 0.2) is 5.65 Å². The number of hydrogen-bond acceptors (Lipinski definition) is 6. The molecule has 0 unspecified atom stereocenters. The zero-order valence-corrected chi connectivity index (χ0v) is 15.1. The lowest BCUT2D eigenvalue weighted by atomic mass is 10.2. The lowest BCUT2D eigenvalue weighted by Crippen LogP contribution is -2.22. The normalized spacial score (nSPS) is 17.5. The van der Waals surface area contributed by atoms with Crippen molar-refractivity contribution >= 4 is 41.0 Å². The zero-order valence-electron chi connectivity index (χ0n) is 15.1. The average Bonchev–Trinajstić information content (AvgIpc) is 3.31. The second-order valence-corrected chi connectivity index (χ2v) is 6.88. The summed E-state index contributed by atoms with van der Waals surface area (Å²) in [6.45, 7) is 0. The maximum atomic E-state index is 13.5. The number of hydrogen-bond donors (Lipinski definition) is 4. The van der Waals surface area contributed by atoms with Crippen LogP contribution in [-0.4, -0.2) is 32.6 Å². The van der Waals surface area contributed by atoms with Crippen LogP contribution >= 0.6 is 0 Å². The molecule has 0 bridgehead atoms. The summed E-state index contributed by atoms with van der Waals surface area (Å²) in [4.78, 5) is 27.8. The Morgan fingerprint density at radius 2 is 2.07 bits per heavy atom. The monoisotopic (exact) mass is 393 g/mol. The fourth-order valence-corrected chi connectivity index (χ4v) is 3.04. The van der Waals surface area contributed by atoms with E-state index in [4.69, 9.17) is 0 Å². The Hall–Kier alpha value is -3.95. The quantitative estimate of drug-likeness (QED) is 0.391. The van der Waals surface area contributed by atoms with Gasteiger partial charge in [-0.2, -0.15) is 9.61 Å². The van der Waals surface area contributed by atoms with E-state index in [1.54, 1.807) is 28.9 Å². The van der Waals surface area contributed by atoms with Crippen molar-refractivity contribution in [3.63, 3.8) is 0 Å². The molecule has 9 nitrogen and oxygen atoms in total. The molecule has 1 aliphatic heterocycles. The van der Waals surface area contributed by atoms with Gasteiger partial charge in [-0.1, -0.05) is 6.07 Å². The number of carbonyl (C=O) groups is 2. The highest BCUT2D eigenvalue weighted by Gasteiger charge is 2.25. The summed E-state index contributed by atoms with van der Waals surface area (Å²) in [7, 11) is 0. The molecule has 4 N–H and O–H groups in total. The van der Waals surface area contributed by atoms with Crippen LogP contribution in [0.3, 0.4) is 0 Å². The van der Waals surface area contributed by atoms with Crippen LogP contribution in [0.15, 0.2) is 42.2 Å². The van der Waals surface area contributed by atoms with Gasteiger partial charge in [-0.3, -0.25) is 10.1 Å². The minimum atomic E-state index is -0.574. The van der Waals surface area contributed by atoms with Crippen molar-refractivity contribution in [3.05, 3.63) is 53.6 Å². The molecule has 2 aromatic heterocycles. The number of rotatable bonds is 5. The number of amides is 3. The van der Waals surface area contributed by atoms with Gasteiger partial charge >= 0.3 is 6.03 Å². The molecule has 146 valence electrons. The Labute approximate surface area is 164 Å². The Kier molecular flexibility index (Phi) is 3.90. The summed E-state index contributed by atoms with van der Waals surface area (Å²) in [5.74, 6) is 0.345. The number of fused-ring (bicyclic) bond motifs is 1. The molecular weight excluding hydrogens is 377 g/mol. The van der Waals surface area contributed by atoms with Crippen LogP contribution in [0.4, 0.5) is 26.5 Å². The van der Waals surface area contributed by atoms with Gasteiger partial charge < -0.3 is 16.0 Å². The summed E-state index contributed by atoms with van der Waals surface area (Å²) in [6, 6.07) is 7.67. The number of aromatic nitrogens is 3. The molecule has 3 amide bonds. The first kappa shape index (κ1) is 17.2. The summed E-state index contributed by atoms with van der Waals surface area (Å²) in [6.07, 6.45) is 5.22. The van der Waals surface area contributed by atoms with E-state index in [0.717, 1.165) is 18.7 Å². The van der Waals surface area contributed by atoms with Gasteiger partial charge in [-0.25, -0.2) is 14.2 Å². The van der Waals surface area contributed by atoms with Crippen LogP contribution in [0.1, 0.15) is 18.4 Å². The first-order chi connectivity index (χ1) is 14.0. The fraction of sp³-hybridized carbons (Fsp3) is 0.158. The third kappa shape index (κ3) is 3.47. The number of halogens is 1. The molecule has 5 rings (SSSR count). The lowest BCUT2D eigenvalue weighted by Gasteiger charge is -2.11. The van der Waals surface area contributed by atoms with Crippen molar-refractivity contribution in [1.29, 1.82) is 0 Å². The molecule has 1 aliphatic carbocycles. The molecule has 0 radical (unpaired) electrons. The topological polar surface area (TPSA) is 112 Å². The van der Waals surface area contributed by atoms with Gasteiger partial charge in [0.05, 0.1) is 6.20 Å². The molecule has 29 heavy (non-hydrogen) atoms. The van der Waals surface area contributed by atoms with Crippen molar-refractivity contribution in [2.75, 3.05) is 10.6 Å². The van der Waals surface area contributed by atoms with Crippen LogP contribution in [-0.2, 0) is 4.79 Å². The van der Waals surface area contributed by atoms with E-state index in [1.165, 1.54) is 18.2 Å². The number of urea groups is 1. The molecule has 1 saturated carbocycles. The largest absolute Gasteiger partial charge is 0.367 e. The van der Waals surface area contributed by atoms with Gasteiger partial charge in [0, 0.05) is 23.4 Å². The van der Waals surface area contributed by atoms with Gasteiger partial charge in [0.1, 0.15) is 23.1 Å². The number of benzene rings is 1. The van der Waals surface area contributed by atoms with Gasteiger partial charge in [-0.15, -0.1) is 0 Å². The standard InChI is InChI=1S/C19H16FN7O2/c20-11-2-1-3-13(7-11)22-15-8-16(23-12-4-5-12)27-17(25-15)10(9-21-27)6-14-18(28)26-19(29)24-14/h1-3,6-9,12,23H,4-5H2,(H,22,25)(H2,24,26,28,29). The maximum absolute atomic E-state index is 13.5. The predicted molar refractivity (Wildman–Crippen MR) is 104 cm³/mol. The molecule has 0 atom stereocenters. The fourth-order valence-electron chi connectivity index (χ4n) is 3.04. The molecule has 2 aliphatic rings. The van der Waals surface area contributed by atoms with E-state index in [0.29, 0.717) is 28.8 Å². The Morgan fingerprint density at radius 1 is 1.21 bits per heavy atom. The second-order valence-electron chi connectivity index (χ2n) is 6.88. The van der Waals surface area contributed by atoms with Crippen LogP contribution in [0.5, 0.6) is 0 Å². The van der Waals surface area contributed by atoms with Crippen molar-refractivity contribution in [3.8, 4) is 0 Å². The first-order valence-corrected chi connectivity index (χ1v) is 9.07. The van der Waals surface area contributed by atoms with Crippen molar-refractivity contribution in [2.24, 2.45) is 0 Å². The minimum Gasteiger partial charge on any atom is -0.367 e. The molecule has 1 aromatic carbocycles. The highest BCUT2D eigenvalue weighted by molar-refractivity contribution is 6.14. The summed E-state index contributed by atoms with van der Waals surface area (Å²) >= 11 is 0. The Morgan fingerprint density at radius 3 is 2.79 bits per heavy atom. The van der Waals surface area contributed by atoms with Gasteiger partial charge in [0.2, 0.25) is 0 Å². The lowest BCUT2D eigenvalue weighted by molar-refractivity contribution is -0.115. The first-order valence-electron chi connectivity index (χ1n) is 9.07. The third-order valence-electron chi connectivity index (χ3n) is 4.55. The van der Waals surface area contributed by atoms with Crippen LogP contribution in [0.25, 0.3) is 11.7 Å². The number of nitrogens with zero attached hydrogens (tertiary/aromatic N) is 3. The number of carbonyl (C=O) groups excluding carboxylic acids is 2. The molecule has 1 saturated heterocycles. The summed E-state index contributed by atoms with van der Waals surface area (Å²) in [5.41, 5.74) is 1.71. The Bertz CT molecular complexity index is 1180. The van der Waals surface area contributed by atoms with Gasteiger partial charge in [-0.05, 0) is 37.1 Å². The molecule has 3 heterocycles. The van der Waals surface area contributed by atoms with Crippen LogP contribution in [0, 0.1) is 5.82 Å². The maximum Gasteiger partial charge on any atom is 0.326 e. The van der Waals surface area contributed by atoms with E-state index in [1.807, 2.05) is 0 Å². The molecule has 0 spiro atoms. The van der Waals surface area contributed by atoms with E-state index < -0.39 is 11.9 Å². The highest BCUT2D eigenvalue weighted by atomic mass is 19.1. The van der Waals surface area contributed by atoms with E-state index >= 15 is 0 Å². The molecular formula is C19H16FN7O2. The highest BCUT2D eigenvalue weighted by Crippen LogP contribution is 2.28. The molecule has 2 fully saturated rings. The summed E-state index contributed by atoms with van der Waals surface area (Å²) in [5, 5.41) is 15.5. The third-order valence-corrected chi connectivity index (χ3v) is 4.55. The number of anilines is 3. The summed E-state index contributed by atoms with van der Waals surface area (Å²) < 4.78 is 15.2. The smallest absolute Gasteiger partial charge is 0.326 e. The second kappa shape index (κ2) is 6.59. The minimum absolute atomic E-state index is 0.117. The molecule has 10 heteroatoms. The van der Waals surface area contributed by atoms with Crippen molar-refractivity contribution in [1.82, 2.24) is 25.2 Å². The Balaban J connectivity index is 1.57. The van der Waals surface area contributed by atoms with E-state index in [-0.39, 0.29) is 11.5 Å². The van der Waals surface area contributed by atoms with Crippen molar-refractivity contribution in [2.45, 2.75) is 18.9 Å². The van der Waals surface area contributed by atoms with Crippen LogP contribution in [0.2, 0.25) is 0 Å². The number of imide groups is 1. The molecule has 3 aromatic rings. The SMILES string of the molecule is O=C1NC(=O)C(=Cc2cnn3c(NC4CC4)cc(Nc4cccc(F)c4)nc23)N1. The van der Waals surface area contributed by atoms with E-state index in [2.05, 4.69) is 31.3 Å².